The number of aliphatic hydroxyl groups excluding tert-OH is 1. The number of halogens is 2. The van der Waals surface area contributed by atoms with E-state index >= 15 is 0 Å². The molecule has 12 heavy (non-hydrogen) atoms. The predicted octanol–water partition coefficient (Wildman–Crippen LogP) is 2.58. The molecule has 1 aliphatic carbocycles. The summed E-state index contributed by atoms with van der Waals surface area (Å²) in [6.07, 6.45) is 1.82. The normalized spacial score (nSPS) is 24.8. The lowest BCUT2D eigenvalue weighted by Crippen LogP contribution is -2.38. The second kappa shape index (κ2) is 2.95. The second-order valence-electron chi connectivity index (χ2n) is 4.34. The van der Waals surface area contributed by atoms with Crippen molar-refractivity contribution in [1.82, 2.24) is 0 Å². The van der Waals surface area contributed by atoms with Gasteiger partial charge in [0.15, 0.2) is 0 Å². The molecule has 72 valence electrons. The highest BCUT2D eigenvalue weighted by molar-refractivity contribution is 4.88. The largest absolute Gasteiger partial charge is 0.387 e. The first-order valence-corrected chi connectivity index (χ1v) is 4.39. The molecule has 1 N–H and O–H groups in total. The molecule has 0 aliphatic heterocycles. The van der Waals surface area contributed by atoms with Gasteiger partial charge in [-0.2, -0.15) is 0 Å². The van der Waals surface area contributed by atoms with Crippen molar-refractivity contribution in [2.45, 2.75) is 51.6 Å². The van der Waals surface area contributed by atoms with Gasteiger partial charge in [-0.3, -0.25) is 0 Å². The molecule has 0 aromatic carbocycles. The van der Waals surface area contributed by atoms with E-state index in [0.29, 0.717) is 0 Å². The van der Waals surface area contributed by atoms with Crippen molar-refractivity contribution in [3.63, 3.8) is 0 Å². The highest BCUT2D eigenvalue weighted by atomic mass is 19.3. The van der Waals surface area contributed by atoms with Crippen LogP contribution in [-0.2, 0) is 0 Å². The van der Waals surface area contributed by atoms with Crippen molar-refractivity contribution in [3.05, 3.63) is 0 Å². The monoisotopic (exact) mass is 178 g/mol. The Morgan fingerprint density at radius 1 is 1.50 bits per heavy atom. The van der Waals surface area contributed by atoms with E-state index in [1.165, 1.54) is 0 Å². The Kier molecular flexibility index (Phi) is 2.43. The van der Waals surface area contributed by atoms with Gasteiger partial charge in [0.05, 0.1) is 0 Å². The number of hydrogen-bond donors (Lipinski definition) is 1. The summed E-state index contributed by atoms with van der Waals surface area (Å²) in [6, 6.07) is 0. The molecule has 0 radical (unpaired) electrons. The van der Waals surface area contributed by atoms with Crippen LogP contribution in [0.5, 0.6) is 0 Å². The Hall–Kier alpha value is -0.180. The van der Waals surface area contributed by atoms with E-state index in [-0.39, 0.29) is 11.8 Å². The van der Waals surface area contributed by atoms with Gasteiger partial charge >= 0.3 is 0 Å². The lowest BCUT2D eigenvalue weighted by atomic mass is 9.67. The van der Waals surface area contributed by atoms with Crippen molar-refractivity contribution >= 4 is 0 Å². The van der Waals surface area contributed by atoms with Gasteiger partial charge in [-0.15, -0.1) is 0 Å². The van der Waals surface area contributed by atoms with Crippen LogP contribution in [-0.4, -0.2) is 17.1 Å². The summed E-state index contributed by atoms with van der Waals surface area (Å²) in [5, 5.41) is 9.14. The quantitative estimate of drug-likeness (QED) is 0.704. The lowest BCUT2D eigenvalue weighted by molar-refractivity contribution is -0.116. The number of hydrogen-bond acceptors (Lipinski definition) is 1. The molecule has 1 saturated carbocycles. The SMILES string of the molecule is CC1(CC(O)C(C)(F)F)CCC1. The number of alkyl halides is 2. The first-order valence-electron chi connectivity index (χ1n) is 4.39. The van der Waals surface area contributed by atoms with Gasteiger partial charge in [-0.05, 0) is 24.7 Å². The van der Waals surface area contributed by atoms with E-state index in [4.69, 9.17) is 5.11 Å². The Labute approximate surface area is 71.8 Å². The maximum atomic E-state index is 12.6. The van der Waals surface area contributed by atoms with E-state index in [1.807, 2.05) is 6.92 Å². The molecule has 0 aromatic rings. The van der Waals surface area contributed by atoms with Crippen molar-refractivity contribution < 1.29 is 13.9 Å². The zero-order valence-corrected chi connectivity index (χ0v) is 7.61. The zero-order chi connectivity index (χ0) is 9.41. The summed E-state index contributed by atoms with van der Waals surface area (Å²) in [7, 11) is 0. The molecule has 1 rings (SSSR count). The summed E-state index contributed by atoms with van der Waals surface area (Å²) in [5.74, 6) is -2.95. The highest BCUT2D eigenvalue weighted by Crippen LogP contribution is 2.45. The van der Waals surface area contributed by atoms with Gasteiger partial charge < -0.3 is 5.11 Å². The first-order chi connectivity index (χ1) is 5.33. The molecule has 0 bridgehead atoms. The van der Waals surface area contributed by atoms with Crippen LogP contribution in [0.25, 0.3) is 0 Å². The Morgan fingerprint density at radius 2 is 2.00 bits per heavy atom. The standard InChI is InChI=1S/C9H16F2O/c1-8(4-3-5-8)6-7(12)9(2,10)11/h7,12H,3-6H2,1-2H3. The van der Waals surface area contributed by atoms with Gasteiger partial charge in [0, 0.05) is 6.92 Å². The maximum absolute atomic E-state index is 12.6. The van der Waals surface area contributed by atoms with Crippen LogP contribution in [0.15, 0.2) is 0 Å². The van der Waals surface area contributed by atoms with Crippen LogP contribution in [0.2, 0.25) is 0 Å². The zero-order valence-electron chi connectivity index (χ0n) is 7.61. The third kappa shape index (κ3) is 2.16. The molecular formula is C9H16F2O. The molecule has 1 nitrogen and oxygen atoms in total. The Bertz CT molecular complexity index is 158. The second-order valence-corrected chi connectivity index (χ2v) is 4.34. The number of aliphatic hydroxyl groups is 1. The lowest BCUT2D eigenvalue weighted by Gasteiger charge is -2.40. The van der Waals surface area contributed by atoms with Gasteiger partial charge in [-0.25, -0.2) is 8.78 Å². The highest BCUT2D eigenvalue weighted by Gasteiger charge is 2.41. The smallest absolute Gasteiger partial charge is 0.270 e. The average molecular weight is 178 g/mol. The molecule has 0 amide bonds. The summed E-state index contributed by atoms with van der Waals surface area (Å²) >= 11 is 0. The summed E-state index contributed by atoms with van der Waals surface area (Å²) in [4.78, 5) is 0. The van der Waals surface area contributed by atoms with Gasteiger partial charge in [0.2, 0.25) is 0 Å². The fourth-order valence-corrected chi connectivity index (χ4v) is 1.63. The number of rotatable bonds is 3. The molecule has 1 fully saturated rings. The Morgan fingerprint density at radius 3 is 2.25 bits per heavy atom. The van der Waals surface area contributed by atoms with Crippen LogP contribution in [0.3, 0.4) is 0 Å². The molecular weight excluding hydrogens is 162 g/mol. The summed E-state index contributed by atoms with van der Waals surface area (Å²) in [6.45, 7) is 2.74. The molecule has 0 aromatic heterocycles. The van der Waals surface area contributed by atoms with E-state index in [9.17, 15) is 8.78 Å². The molecule has 0 spiro atoms. The minimum absolute atomic E-state index is 0.0289. The maximum Gasteiger partial charge on any atom is 0.270 e. The van der Waals surface area contributed by atoms with Crippen molar-refractivity contribution in [2.24, 2.45) is 5.41 Å². The Balaban J connectivity index is 2.40. The molecule has 0 saturated heterocycles. The van der Waals surface area contributed by atoms with Crippen LogP contribution in [0, 0.1) is 5.41 Å². The van der Waals surface area contributed by atoms with Crippen LogP contribution >= 0.6 is 0 Å². The molecule has 0 heterocycles. The third-order valence-electron chi connectivity index (χ3n) is 2.83. The van der Waals surface area contributed by atoms with E-state index in [0.717, 1.165) is 26.2 Å². The molecule has 3 heteroatoms. The fraction of sp³-hybridized carbons (Fsp3) is 1.00. The average Bonchev–Trinajstić information content (AvgIpc) is 1.82. The first kappa shape index (κ1) is 9.90. The van der Waals surface area contributed by atoms with Crippen LogP contribution in [0.4, 0.5) is 8.78 Å². The molecule has 1 unspecified atom stereocenters. The van der Waals surface area contributed by atoms with Crippen molar-refractivity contribution in [1.29, 1.82) is 0 Å². The van der Waals surface area contributed by atoms with Gasteiger partial charge in [0.1, 0.15) is 6.10 Å². The predicted molar refractivity (Wildman–Crippen MR) is 43.2 cm³/mol. The van der Waals surface area contributed by atoms with E-state index in [2.05, 4.69) is 0 Å². The summed E-state index contributed by atoms with van der Waals surface area (Å²) < 4.78 is 25.1. The van der Waals surface area contributed by atoms with Gasteiger partial charge in [-0.1, -0.05) is 13.3 Å². The van der Waals surface area contributed by atoms with E-state index in [1.54, 1.807) is 0 Å². The minimum Gasteiger partial charge on any atom is -0.387 e. The van der Waals surface area contributed by atoms with Crippen molar-refractivity contribution in [2.75, 3.05) is 0 Å². The van der Waals surface area contributed by atoms with Crippen LogP contribution < -0.4 is 0 Å². The topological polar surface area (TPSA) is 20.2 Å². The molecule has 1 atom stereocenters. The van der Waals surface area contributed by atoms with Crippen LogP contribution in [0.1, 0.15) is 39.5 Å². The van der Waals surface area contributed by atoms with E-state index < -0.39 is 12.0 Å². The van der Waals surface area contributed by atoms with Gasteiger partial charge in [0.25, 0.3) is 5.92 Å². The fourth-order valence-electron chi connectivity index (χ4n) is 1.63. The minimum atomic E-state index is -2.95. The third-order valence-corrected chi connectivity index (χ3v) is 2.83. The summed E-state index contributed by atoms with van der Waals surface area (Å²) in [5.41, 5.74) is -0.0289. The van der Waals surface area contributed by atoms with Crippen molar-refractivity contribution in [3.8, 4) is 0 Å². The molecule has 1 aliphatic rings.